The molecule has 2 nitrogen and oxygen atoms in total. The molecule has 0 aliphatic heterocycles. The normalized spacial score (nSPS) is 14.5. The number of hydrogen-bond acceptors (Lipinski definition) is 3. The molecule has 1 aromatic heterocycles. The van der Waals surface area contributed by atoms with Gasteiger partial charge in [-0.2, -0.15) is 0 Å². The summed E-state index contributed by atoms with van der Waals surface area (Å²) in [5.41, 5.74) is 1.21. The first-order valence-electron chi connectivity index (χ1n) is 6.52. The molecule has 20 heavy (non-hydrogen) atoms. The van der Waals surface area contributed by atoms with Gasteiger partial charge in [-0.15, -0.1) is 0 Å². The van der Waals surface area contributed by atoms with Crippen LogP contribution in [0.1, 0.15) is 18.4 Å². The van der Waals surface area contributed by atoms with E-state index in [2.05, 4.69) is 16.4 Å². The lowest BCUT2D eigenvalue weighted by Crippen LogP contribution is -2.15. The minimum atomic E-state index is 0.683. The number of halogens is 2. The molecule has 1 aliphatic rings. The highest BCUT2D eigenvalue weighted by molar-refractivity contribution is 7.99. The standard InChI is InChI=1S/C15H14Cl2N2S/c16-11-2-5-13(17)14(7-11)20-15-6-1-10(9-19-15)8-18-12-3-4-12/h1-2,5-7,9,12,18H,3-4,8H2. The number of pyridine rings is 1. The van der Waals surface area contributed by atoms with Gasteiger partial charge in [0.15, 0.2) is 0 Å². The van der Waals surface area contributed by atoms with Gasteiger partial charge in [-0.1, -0.05) is 41.0 Å². The fourth-order valence-corrected chi connectivity index (χ4v) is 3.08. The molecular formula is C15H14Cl2N2S. The molecule has 1 saturated carbocycles. The average Bonchev–Trinajstić information content (AvgIpc) is 3.26. The molecule has 0 bridgehead atoms. The van der Waals surface area contributed by atoms with Crippen LogP contribution in [-0.2, 0) is 6.54 Å². The second-order valence-corrected chi connectivity index (χ2v) is 6.74. The number of nitrogens with one attached hydrogen (secondary N) is 1. The van der Waals surface area contributed by atoms with E-state index in [4.69, 9.17) is 23.2 Å². The molecule has 0 saturated heterocycles. The zero-order valence-corrected chi connectivity index (χ0v) is 13.1. The van der Waals surface area contributed by atoms with Gasteiger partial charge < -0.3 is 5.32 Å². The molecule has 3 rings (SSSR count). The largest absolute Gasteiger partial charge is 0.310 e. The molecule has 0 spiro atoms. The predicted molar refractivity (Wildman–Crippen MR) is 84.7 cm³/mol. The summed E-state index contributed by atoms with van der Waals surface area (Å²) in [5.74, 6) is 0. The van der Waals surface area contributed by atoms with Crippen molar-refractivity contribution in [2.75, 3.05) is 0 Å². The van der Waals surface area contributed by atoms with Crippen LogP contribution < -0.4 is 5.32 Å². The van der Waals surface area contributed by atoms with Crippen molar-refractivity contribution in [1.29, 1.82) is 0 Å². The Kier molecular flexibility index (Phi) is 4.51. The molecule has 0 radical (unpaired) electrons. The summed E-state index contributed by atoms with van der Waals surface area (Å²) in [5, 5.41) is 5.77. The minimum Gasteiger partial charge on any atom is -0.310 e. The quantitative estimate of drug-likeness (QED) is 0.855. The van der Waals surface area contributed by atoms with E-state index in [-0.39, 0.29) is 0 Å². The van der Waals surface area contributed by atoms with Crippen molar-refractivity contribution in [3.8, 4) is 0 Å². The summed E-state index contributed by atoms with van der Waals surface area (Å²) >= 11 is 13.7. The predicted octanol–water partition coefficient (Wildman–Crippen LogP) is 4.79. The number of hydrogen-bond donors (Lipinski definition) is 1. The molecule has 0 atom stereocenters. The lowest BCUT2D eigenvalue weighted by atomic mass is 10.3. The minimum absolute atomic E-state index is 0.683. The Morgan fingerprint density at radius 2 is 2.05 bits per heavy atom. The van der Waals surface area contributed by atoms with Crippen molar-refractivity contribution in [3.05, 3.63) is 52.1 Å². The van der Waals surface area contributed by atoms with E-state index >= 15 is 0 Å². The highest BCUT2D eigenvalue weighted by atomic mass is 35.5. The van der Waals surface area contributed by atoms with Crippen LogP contribution >= 0.6 is 35.0 Å². The van der Waals surface area contributed by atoms with E-state index in [0.717, 1.165) is 16.5 Å². The van der Waals surface area contributed by atoms with E-state index in [1.165, 1.54) is 30.2 Å². The Morgan fingerprint density at radius 3 is 2.75 bits per heavy atom. The van der Waals surface area contributed by atoms with Gasteiger partial charge in [0.05, 0.1) is 5.02 Å². The Hall–Kier alpha value is -0.740. The van der Waals surface area contributed by atoms with Crippen LogP contribution in [0.5, 0.6) is 0 Å². The molecule has 1 aliphatic carbocycles. The third kappa shape index (κ3) is 3.89. The van der Waals surface area contributed by atoms with E-state index in [9.17, 15) is 0 Å². The summed E-state index contributed by atoms with van der Waals surface area (Å²) in [6.45, 7) is 0.889. The maximum atomic E-state index is 6.15. The van der Waals surface area contributed by atoms with Gasteiger partial charge in [0.1, 0.15) is 5.03 Å². The lowest BCUT2D eigenvalue weighted by Gasteiger charge is -2.06. The molecule has 0 amide bonds. The summed E-state index contributed by atoms with van der Waals surface area (Å²) in [6, 6.07) is 10.3. The second-order valence-electron chi connectivity index (χ2n) is 4.84. The van der Waals surface area contributed by atoms with Crippen LogP contribution in [0, 0.1) is 0 Å². The number of nitrogens with zero attached hydrogens (tertiary/aromatic N) is 1. The molecule has 1 fully saturated rings. The fourth-order valence-electron chi connectivity index (χ4n) is 1.79. The van der Waals surface area contributed by atoms with Gasteiger partial charge in [0, 0.05) is 28.7 Å². The highest BCUT2D eigenvalue weighted by Gasteiger charge is 2.19. The Morgan fingerprint density at radius 1 is 1.20 bits per heavy atom. The van der Waals surface area contributed by atoms with Crippen molar-refractivity contribution in [1.82, 2.24) is 10.3 Å². The van der Waals surface area contributed by atoms with E-state index < -0.39 is 0 Å². The van der Waals surface area contributed by atoms with E-state index in [1.54, 1.807) is 12.1 Å². The van der Waals surface area contributed by atoms with Crippen LogP contribution in [0.3, 0.4) is 0 Å². The first kappa shape index (κ1) is 14.2. The van der Waals surface area contributed by atoms with Gasteiger partial charge in [0.25, 0.3) is 0 Å². The number of rotatable bonds is 5. The van der Waals surface area contributed by atoms with Crippen LogP contribution in [-0.4, -0.2) is 11.0 Å². The average molecular weight is 325 g/mol. The Balaban J connectivity index is 1.66. The van der Waals surface area contributed by atoms with Crippen molar-refractivity contribution in [2.45, 2.75) is 35.3 Å². The summed E-state index contributed by atoms with van der Waals surface area (Å²) < 4.78 is 0. The third-order valence-electron chi connectivity index (χ3n) is 3.08. The number of aromatic nitrogens is 1. The van der Waals surface area contributed by atoms with Crippen LogP contribution in [0.15, 0.2) is 46.5 Å². The van der Waals surface area contributed by atoms with Crippen molar-refractivity contribution < 1.29 is 0 Å². The van der Waals surface area contributed by atoms with E-state index in [1.807, 2.05) is 18.3 Å². The van der Waals surface area contributed by atoms with Crippen LogP contribution in [0.2, 0.25) is 10.0 Å². The molecular weight excluding hydrogens is 311 g/mol. The molecule has 1 heterocycles. The summed E-state index contributed by atoms with van der Waals surface area (Å²) in [7, 11) is 0. The maximum Gasteiger partial charge on any atom is 0.101 e. The van der Waals surface area contributed by atoms with Gasteiger partial charge >= 0.3 is 0 Å². The lowest BCUT2D eigenvalue weighted by molar-refractivity contribution is 0.685. The Bertz CT molecular complexity index is 597. The van der Waals surface area contributed by atoms with Crippen molar-refractivity contribution in [2.24, 2.45) is 0 Å². The second kappa shape index (κ2) is 6.35. The fraction of sp³-hybridized carbons (Fsp3) is 0.267. The van der Waals surface area contributed by atoms with Gasteiger partial charge in [-0.25, -0.2) is 4.98 Å². The molecule has 1 aromatic carbocycles. The zero-order chi connectivity index (χ0) is 13.9. The van der Waals surface area contributed by atoms with Crippen LogP contribution in [0.25, 0.3) is 0 Å². The molecule has 1 N–H and O–H groups in total. The van der Waals surface area contributed by atoms with Gasteiger partial charge in [-0.05, 0) is 42.7 Å². The third-order valence-corrected chi connectivity index (χ3v) is 4.76. The van der Waals surface area contributed by atoms with Crippen LogP contribution in [0.4, 0.5) is 0 Å². The van der Waals surface area contributed by atoms with Crippen molar-refractivity contribution >= 4 is 35.0 Å². The number of benzene rings is 1. The first-order chi connectivity index (χ1) is 9.70. The Labute approximate surface area is 132 Å². The molecule has 104 valence electrons. The molecule has 5 heteroatoms. The molecule has 2 aromatic rings. The SMILES string of the molecule is Clc1ccc(Cl)c(Sc2ccc(CNC3CC3)cn2)c1. The van der Waals surface area contributed by atoms with Gasteiger partial charge in [0.2, 0.25) is 0 Å². The van der Waals surface area contributed by atoms with Crippen molar-refractivity contribution in [3.63, 3.8) is 0 Å². The smallest absolute Gasteiger partial charge is 0.101 e. The highest BCUT2D eigenvalue weighted by Crippen LogP contribution is 2.34. The zero-order valence-electron chi connectivity index (χ0n) is 10.8. The molecule has 0 unspecified atom stereocenters. The van der Waals surface area contributed by atoms with Gasteiger partial charge in [-0.3, -0.25) is 0 Å². The maximum absolute atomic E-state index is 6.15. The summed E-state index contributed by atoms with van der Waals surface area (Å²) in [6.07, 6.45) is 4.51. The van der Waals surface area contributed by atoms with E-state index in [0.29, 0.717) is 16.1 Å². The summed E-state index contributed by atoms with van der Waals surface area (Å²) in [4.78, 5) is 5.39. The monoisotopic (exact) mass is 324 g/mol. The first-order valence-corrected chi connectivity index (χ1v) is 8.09. The topological polar surface area (TPSA) is 24.9 Å².